The molecule has 116 valence electrons. The maximum Gasteiger partial charge on any atom is 0.0671 e. The molecule has 2 saturated heterocycles. The summed E-state index contributed by atoms with van der Waals surface area (Å²) in [6.07, 6.45) is 3.65. The van der Waals surface area contributed by atoms with Gasteiger partial charge >= 0.3 is 0 Å². The van der Waals surface area contributed by atoms with Crippen LogP contribution in [-0.4, -0.2) is 41.5 Å². The minimum absolute atomic E-state index is 0.110. The van der Waals surface area contributed by atoms with Crippen molar-refractivity contribution in [3.63, 3.8) is 0 Å². The molecule has 1 N–H and O–H groups in total. The van der Waals surface area contributed by atoms with Crippen molar-refractivity contribution in [3.8, 4) is 0 Å². The second kappa shape index (κ2) is 4.42. The van der Waals surface area contributed by atoms with Gasteiger partial charge in [-0.15, -0.1) is 0 Å². The molecule has 22 heavy (non-hydrogen) atoms. The fourth-order valence-electron chi connectivity index (χ4n) is 6.10. The molecule has 0 amide bonds. The van der Waals surface area contributed by atoms with Crippen LogP contribution < -0.4 is 0 Å². The highest BCUT2D eigenvalue weighted by atomic mass is 16.3. The van der Waals surface area contributed by atoms with Crippen LogP contribution in [0.2, 0.25) is 0 Å². The molecule has 3 aliphatic heterocycles. The summed E-state index contributed by atoms with van der Waals surface area (Å²) >= 11 is 0. The third-order valence-electron chi connectivity index (χ3n) is 7.04. The molecule has 0 unspecified atom stereocenters. The van der Waals surface area contributed by atoms with E-state index in [0.29, 0.717) is 12.0 Å². The average molecular weight is 296 g/mol. The number of aliphatic hydroxyl groups is 1. The number of aliphatic imine (C=N–C) groups is 1. The summed E-state index contributed by atoms with van der Waals surface area (Å²) in [6, 6.07) is 9.32. The summed E-state index contributed by atoms with van der Waals surface area (Å²) < 4.78 is 0. The quantitative estimate of drug-likeness (QED) is 0.911. The third-order valence-corrected chi connectivity index (χ3v) is 7.04. The maximum atomic E-state index is 10.2. The van der Waals surface area contributed by atoms with Crippen molar-refractivity contribution in [1.82, 2.24) is 4.90 Å². The summed E-state index contributed by atoms with van der Waals surface area (Å²) in [4.78, 5) is 7.81. The summed E-state index contributed by atoms with van der Waals surface area (Å²) in [6.45, 7) is 4.99. The lowest BCUT2D eigenvalue weighted by molar-refractivity contribution is 0.0271. The number of fused-ring (bicyclic) bond motifs is 2. The average Bonchev–Trinajstić information content (AvgIpc) is 3.11. The first-order valence-electron chi connectivity index (χ1n) is 8.83. The Hall–Kier alpha value is -1.19. The van der Waals surface area contributed by atoms with Gasteiger partial charge in [-0.3, -0.25) is 9.89 Å². The summed E-state index contributed by atoms with van der Waals surface area (Å²) in [5.74, 6) is 1.61. The molecule has 2 bridgehead atoms. The molecule has 3 heterocycles. The van der Waals surface area contributed by atoms with Gasteiger partial charge in [-0.1, -0.05) is 31.5 Å². The molecule has 0 radical (unpaired) electrons. The largest absolute Gasteiger partial charge is 0.396 e. The van der Waals surface area contributed by atoms with Crippen molar-refractivity contribution in [2.75, 3.05) is 19.7 Å². The molecule has 4 aliphatic rings. The van der Waals surface area contributed by atoms with Gasteiger partial charge < -0.3 is 5.11 Å². The Kier molecular flexibility index (Phi) is 2.67. The first kappa shape index (κ1) is 13.3. The van der Waals surface area contributed by atoms with Crippen molar-refractivity contribution < 1.29 is 5.11 Å². The Morgan fingerprint density at radius 2 is 2.23 bits per heavy atom. The van der Waals surface area contributed by atoms with E-state index in [9.17, 15) is 5.11 Å². The number of nitrogens with zero attached hydrogens (tertiary/aromatic N) is 2. The Bertz CT molecular complexity index is 655. The van der Waals surface area contributed by atoms with E-state index < -0.39 is 0 Å². The highest BCUT2D eigenvalue weighted by molar-refractivity contribution is 6.05. The second-order valence-corrected chi connectivity index (χ2v) is 7.60. The zero-order valence-electron chi connectivity index (χ0n) is 13.2. The zero-order valence-corrected chi connectivity index (χ0v) is 13.2. The Morgan fingerprint density at radius 1 is 1.36 bits per heavy atom. The predicted octanol–water partition coefficient (Wildman–Crippen LogP) is 2.75. The molecule has 1 aromatic carbocycles. The molecule has 3 nitrogen and oxygen atoms in total. The van der Waals surface area contributed by atoms with Crippen molar-refractivity contribution in [3.05, 3.63) is 29.8 Å². The number of benzene rings is 1. The van der Waals surface area contributed by atoms with E-state index in [1.807, 2.05) is 0 Å². The number of aliphatic hydroxyl groups excluding tert-OH is 1. The van der Waals surface area contributed by atoms with E-state index in [0.717, 1.165) is 5.92 Å². The number of hydrogen-bond donors (Lipinski definition) is 1. The van der Waals surface area contributed by atoms with Crippen LogP contribution in [0.25, 0.3) is 0 Å². The van der Waals surface area contributed by atoms with Crippen LogP contribution in [0, 0.1) is 17.8 Å². The lowest BCUT2D eigenvalue weighted by Gasteiger charge is -2.53. The molecule has 0 aromatic heterocycles. The lowest BCUT2D eigenvalue weighted by Crippen LogP contribution is -2.61. The zero-order chi connectivity index (χ0) is 14.9. The smallest absolute Gasteiger partial charge is 0.0671 e. The van der Waals surface area contributed by atoms with E-state index in [1.54, 1.807) is 0 Å². The highest BCUT2D eigenvalue weighted by Crippen LogP contribution is 2.59. The van der Waals surface area contributed by atoms with Gasteiger partial charge in [-0.05, 0) is 42.9 Å². The standard InChI is InChI=1S/C19H24N2O/c1-2-12-10-21-8-7-19-15-5-3-4-6-16(15)20-18(19)14(11-22)13(12)9-17(19)21/h3-6,12-14,17,22H,2,7-11H2,1H3/t12-,13+,14+,17+,19-/m1/s1. The van der Waals surface area contributed by atoms with Gasteiger partial charge in [0.15, 0.2) is 0 Å². The molecule has 1 saturated carbocycles. The van der Waals surface area contributed by atoms with Gasteiger partial charge in [0.25, 0.3) is 0 Å². The van der Waals surface area contributed by atoms with E-state index in [4.69, 9.17) is 4.99 Å². The minimum atomic E-state index is 0.110. The third kappa shape index (κ3) is 1.38. The normalized spacial score (nSPS) is 42.0. The fourth-order valence-corrected chi connectivity index (χ4v) is 6.10. The van der Waals surface area contributed by atoms with Crippen LogP contribution in [0.1, 0.15) is 31.7 Å². The molecule has 1 aromatic rings. The van der Waals surface area contributed by atoms with E-state index in [2.05, 4.69) is 36.1 Å². The number of rotatable bonds is 2. The van der Waals surface area contributed by atoms with Crippen LogP contribution >= 0.6 is 0 Å². The summed E-state index contributed by atoms with van der Waals surface area (Å²) in [5.41, 5.74) is 4.03. The van der Waals surface area contributed by atoms with Crippen LogP contribution in [0.3, 0.4) is 0 Å². The van der Waals surface area contributed by atoms with Crippen molar-refractivity contribution in [2.45, 2.75) is 37.6 Å². The molecular weight excluding hydrogens is 272 g/mol. The number of piperidine rings is 1. The predicted molar refractivity (Wildman–Crippen MR) is 87.7 cm³/mol. The van der Waals surface area contributed by atoms with Crippen LogP contribution in [0.4, 0.5) is 5.69 Å². The van der Waals surface area contributed by atoms with Crippen molar-refractivity contribution in [1.29, 1.82) is 0 Å². The molecule has 1 aliphatic carbocycles. The van der Waals surface area contributed by atoms with Crippen molar-refractivity contribution >= 4 is 11.4 Å². The van der Waals surface area contributed by atoms with Gasteiger partial charge in [0.05, 0.1) is 17.7 Å². The lowest BCUT2D eigenvalue weighted by atomic mass is 9.55. The first-order chi connectivity index (χ1) is 10.8. The van der Waals surface area contributed by atoms with E-state index >= 15 is 0 Å². The molecule has 3 fully saturated rings. The topological polar surface area (TPSA) is 35.8 Å². The Balaban J connectivity index is 1.72. The van der Waals surface area contributed by atoms with Crippen LogP contribution in [0.15, 0.2) is 29.3 Å². The molecule has 1 spiro atoms. The first-order valence-corrected chi connectivity index (χ1v) is 8.83. The second-order valence-electron chi connectivity index (χ2n) is 7.60. The monoisotopic (exact) mass is 296 g/mol. The van der Waals surface area contributed by atoms with E-state index in [1.165, 1.54) is 49.3 Å². The van der Waals surface area contributed by atoms with Gasteiger partial charge in [-0.2, -0.15) is 0 Å². The van der Waals surface area contributed by atoms with Crippen LogP contribution in [-0.2, 0) is 5.41 Å². The van der Waals surface area contributed by atoms with Gasteiger partial charge in [0.2, 0.25) is 0 Å². The highest BCUT2D eigenvalue weighted by Gasteiger charge is 2.63. The van der Waals surface area contributed by atoms with Crippen molar-refractivity contribution in [2.24, 2.45) is 22.7 Å². The number of para-hydroxylation sites is 1. The SMILES string of the molecule is CC[C@@H]1CN2CC[C@@]34C(=Nc5ccccc53)[C@@H](CO)[C@H]1C[C@H]24. The van der Waals surface area contributed by atoms with E-state index in [-0.39, 0.29) is 17.9 Å². The molecule has 5 rings (SSSR count). The fraction of sp³-hybridized carbons (Fsp3) is 0.632. The molecule has 5 atom stereocenters. The summed E-state index contributed by atoms with van der Waals surface area (Å²) in [7, 11) is 0. The van der Waals surface area contributed by atoms with Gasteiger partial charge in [0, 0.05) is 24.2 Å². The number of hydrogen-bond acceptors (Lipinski definition) is 3. The Morgan fingerprint density at radius 3 is 3.05 bits per heavy atom. The van der Waals surface area contributed by atoms with Gasteiger partial charge in [-0.25, -0.2) is 0 Å². The molecular formula is C19H24N2O. The van der Waals surface area contributed by atoms with Crippen LogP contribution in [0.5, 0.6) is 0 Å². The Labute approximate surface area is 132 Å². The molecule has 3 heteroatoms. The van der Waals surface area contributed by atoms with Gasteiger partial charge in [0.1, 0.15) is 0 Å². The summed E-state index contributed by atoms with van der Waals surface area (Å²) in [5, 5.41) is 10.2. The maximum absolute atomic E-state index is 10.2. The minimum Gasteiger partial charge on any atom is -0.396 e.